The summed E-state index contributed by atoms with van der Waals surface area (Å²) in [4.78, 5) is 7.47. The van der Waals surface area contributed by atoms with Gasteiger partial charge in [-0.25, -0.2) is 4.98 Å². The molecular formula is C49H28N2O2S. The number of rotatable bonds is 4. The van der Waals surface area contributed by atoms with Gasteiger partial charge in [0, 0.05) is 58.7 Å². The second-order valence-corrected chi connectivity index (χ2v) is 15.0. The zero-order chi connectivity index (χ0) is 35.3. The second kappa shape index (κ2) is 11.3. The number of fused-ring (bicyclic) bond motifs is 13. The third kappa shape index (κ3) is 4.33. The zero-order valence-corrected chi connectivity index (χ0v) is 29.6. The summed E-state index contributed by atoms with van der Waals surface area (Å²) in [7, 11) is 0. The maximum atomic E-state index is 6.32. The summed E-state index contributed by atoms with van der Waals surface area (Å²) in [6.07, 6.45) is 0. The van der Waals surface area contributed by atoms with Gasteiger partial charge < -0.3 is 13.7 Å². The number of furan rings is 1. The molecule has 3 heterocycles. The molecule has 0 saturated carbocycles. The van der Waals surface area contributed by atoms with Crippen LogP contribution in [0.2, 0.25) is 0 Å². The van der Waals surface area contributed by atoms with E-state index < -0.39 is 0 Å². The molecule has 4 nitrogen and oxygen atoms in total. The van der Waals surface area contributed by atoms with Crippen molar-refractivity contribution in [2.24, 2.45) is 0 Å². The van der Waals surface area contributed by atoms with Gasteiger partial charge in [0.1, 0.15) is 16.7 Å². The van der Waals surface area contributed by atoms with Crippen LogP contribution in [-0.2, 0) is 0 Å². The average Bonchev–Trinajstić information content (AvgIpc) is 3.94. The summed E-state index contributed by atoms with van der Waals surface area (Å²) in [5.41, 5.74) is 7.68. The molecule has 0 atom stereocenters. The number of thiophene rings is 1. The molecule has 54 heavy (non-hydrogen) atoms. The number of hydrogen-bond donors (Lipinski definition) is 0. The van der Waals surface area contributed by atoms with Gasteiger partial charge in [0.05, 0.1) is 5.69 Å². The summed E-state index contributed by atoms with van der Waals surface area (Å²) in [6, 6.07) is 60.4. The Kier molecular flexibility index (Phi) is 6.18. The van der Waals surface area contributed by atoms with Crippen LogP contribution >= 0.6 is 11.3 Å². The summed E-state index contributed by atoms with van der Waals surface area (Å²) in [5, 5.41) is 11.7. The molecule has 0 aliphatic carbocycles. The molecule has 0 radical (unpaired) electrons. The van der Waals surface area contributed by atoms with E-state index >= 15 is 0 Å². The number of anilines is 3. The summed E-state index contributed by atoms with van der Waals surface area (Å²) < 4.78 is 15.2. The first-order valence-corrected chi connectivity index (χ1v) is 18.9. The topological polar surface area (TPSA) is 42.4 Å². The van der Waals surface area contributed by atoms with Gasteiger partial charge in [-0.2, -0.15) is 0 Å². The molecule has 0 aliphatic heterocycles. The van der Waals surface area contributed by atoms with Crippen LogP contribution in [0.3, 0.4) is 0 Å². The Morgan fingerprint density at radius 2 is 1.09 bits per heavy atom. The largest absolute Gasteiger partial charge is 0.456 e. The van der Waals surface area contributed by atoms with Crippen molar-refractivity contribution in [1.82, 2.24) is 4.98 Å². The normalized spacial score (nSPS) is 12.1. The van der Waals surface area contributed by atoms with Crippen molar-refractivity contribution < 1.29 is 8.83 Å². The van der Waals surface area contributed by atoms with Crippen LogP contribution in [0.4, 0.5) is 17.1 Å². The Morgan fingerprint density at radius 1 is 0.426 bits per heavy atom. The van der Waals surface area contributed by atoms with Crippen LogP contribution in [0.25, 0.3) is 97.0 Å². The lowest BCUT2D eigenvalue weighted by Gasteiger charge is -2.27. The number of oxazole rings is 1. The Balaban J connectivity index is 1.11. The van der Waals surface area contributed by atoms with E-state index in [1.165, 1.54) is 30.9 Å². The predicted octanol–water partition coefficient (Wildman–Crippen LogP) is 14.7. The molecule has 0 bridgehead atoms. The maximum Gasteiger partial charge on any atom is 0.227 e. The molecule has 0 fully saturated rings. The molecule has 12 aromatic rings. The Hall–Kier alpha value is -6.95. The van der Waals surface area contributed by atoms with Gasteiger partial charge in [-0.15, -0.1) is 11.3 Å². The van der Waals surface area contributed by atoms with E-state index in [9.17, 15) is 0 Å². The highest BCUT2D eigenvalue weighted by molar-refractivity contribution is 7.25. The van der Waals surface area contributed by atoms with Crippen LogP contribution in [0.1, 0.15) is 0 Å². The van der Waals surface area contributed by atoms with Gasteiger partial charge in [-0.1, -0.05) is 103 Å². The molecule has 252 valence electrons. The second-order valence-electron chi connectivity index (χ2n) is 13.9. The Bertz CT molecular complexity index is 3470. The molecule has 3 aromatic heterocycles. The van der Waals surface area contributed by atoms with Crippen molar-refractivity contribution in [1.29, 1.82) is 0 Å². The van der Waals surface area contributed by atoms with Gasteiger partial charge in [-0.05, 0) is 88.3 Å². The summed E-state index contributed by atoms with van der Waals surface area (Å²) in [5.74, 6) is 0.631. The molecule has 5 heteroatoms. The fraction of sp³-hybridized carbons (Fsp3) is 0. The van der Waals surface area contributed by atoms with Crippen molar-refractivity contribution in [3.63, 3.8) is 0 Å². The van der Waals surface area contributed by atoms with E-state index in [1.54, 1.807) is 0 Å². The fourth-order valence-electron chi connectivity index (χ4n) is 8.40. The molecular weight excluding hydrogens is 681 g/mol. The van der Waals surface area contributed by atoms with Crippen LogP contribution < -0.4 is 4.90 Å². The fourth-order valence-corrected chi connectivity index (χ4v) is 9.54. The van der Waals surface area contributed by atoms with Crippen molar-refractivity contribution in [2.75, 3.05) is 4.90 Å². The van der Waals surface area contributed by atoms with E-state index in [-0.39, 0.29) is 0 Å². The third-order valence-electron chi connectivity index (χ3n) is 10.9. The lowest BCUT2D eigenvalue weighted by Crippen LogP contribution is -2.10. The lowest BCUT2D eigenvalue weighted by atomic mass is 9.95. The SMILES string of the molecule is c1ccc(-c2nc3c(ccc4ccc5c6cccc(N(c7ccc8c(c7)sc7ccccc78)c7ccc8oc9ccccc9c8c7)c6ccc5c43)o2)cc1. The van der Waals surface area contributed by atoms with E-state index in [2.05, 4.69) is 126 Å². The molecule has 0 aliphatic rings. The smallest absolute Gasteiger partial charge is 0.227 e. The van der Waals surface area contributed by atoms with Crippen LogP contribution in [-0.4, -0.2) is 4.98 Å². The zero-order valence-electron chi connectivity index (χ0n) is 28.8. The minimum atomic E-state index is 0.631. The van der Waals surface area contributed by atoms with Crippen molar-refractivity contribution >= 4 is 114 Å². The first kappa shape index (κ1) is 29.6. The highest BCUT2D eigenvalue weighted by Crippen LogP contribution is 2.46. The number of nitrogens with zero attached hydrogens (tertiary/aromatic N) is 2. The molecule has 0 spiro atoms. The number of aromatic nitrogens is 1. The maximum absolute atomic E-state index is 6.32. The summed E-state index contributed by atoms with van der Waals surface area (Å²) in [6.45, 7) is 0. The molecule has 9 aromatic carbocycles. The highest BCUT2D eigenvalue weighted by atomic mass is 32.1. The molecule has 0 unspecified atom stereocenters. The van der Waals surface area contributed by atoms with E-state index in [1.807, 2.05) is 59.9 Å². The monoisotopic (exact) mass is 708 g/mol. The van der Waals surface area contributed by atoms with Crippen LogP contribution in [0.5, 0.6) is 0 Å². The lowest BCUT2D eigenvalue weighted by molar-refractivity contribution is 0.620. The minimum absolute atomic E-state index is 0.631. The van der Waals surface area contributed by atoms with E-state index in [4.69, 9.17) is 13.8 Å². The molecule has 0 N–H and O–H groups in total. The quantitative estimate of drug-likeness (QED) is 0.171. The van der Waals surface area contributed by atoms with Crippen molar-refractivity contribution in [3.05, 3.63) is 170 Å². The van der Waals surface area contributed by atoms with Gasteiger partial charge in [0.2, 0.25) is 5.89 Å². The van der Waals surface area contributed by atoms with Crippen molar-refractivity contribution in [2.45, 2.75) is 0 Å². The Morgan fingerprint density at radius 3 is 2.04 bits per heavy atom. The van der Waals surface area contributed by atoms with Gasteiger partial charge in [0.25, 0.3) is 0 Å². The van der Waals surface area contributed by atoms with E-state index in [0.29, 0.717) is 5.89 Å². The third-order valence-corrected chi connectivity index (χ3v) is 12.0. The van der Waals surface area contributed by atoms with Gasteiger partial charge >= 0.3 is 0 Å². The first-order valence-electron chi connectivity index (χ1n) is 18.1. The first-order chi connectivity index (χ1) is 26.7. The highest BCUT2D eigenvalue weighted by Gasteiger charge is 2.21. The van der Waals surface area contributed by atoms with Gasteiger partial charge in [-0.3, -0.25) is 0 Å². The van der Waals surface area contributed by atoms with E-state index in [0.717, 1.165) is 77.2 Å². The molecule has 0 amide bonds. The number of para-hydroxylation sites is 1. The predicted molar refractivity (Wildman–Crippen MR) is 227 cm³/mol. The number of benzene rings is 9. The minimum Gasteiger partial charge on any atom is -0.456 e. The Labute approximate surface area is 312 Å². The molecule has 12 rings (SSSR count). The van der Waals surface area contributed by atoms with Crippen molar-refractivity contribution in [3.8, 4) is 11.5 Å². The van der Waals surface area contributed by atoms with Crippen LogP contribution in [0, 0.1) is 0 Å². The molecule has 0 saturated heterocycles. The van der Waals surface area contributed by atoms with Gasteiger partial charge in [0.15, 0.2) is 5.58 Å². The summed E-state index contributed by atoms with van der Waals surface area (Å²) >= 11 is 1.84. The standard InChI is InChI=1S/C49H28N2O2S/c1-2-9-30(10-3-1)49-50-48-44(53-49)25-18-29-17-21-34-33-13-8-14-41(35(33)23-24-39(34)47(29)48)51(31-20-26-43-40(27-31)36-11-4-6-15-42(36)52-43)32-19-22-38-37-12-5-7-16-45(37)54-46(38)28-32/h1-28H. The average molecular weight is 709 g/mol. The van der Waals surface area contributed by atoms with Crippen LogP contribution in [0.15, 0.2) is 179 Å². The number of hydrogen-bond acceptors (Lipinski definition) is 5.